The highest BCUT2D eigenvalue weighted by atomic mass is 35.5. The summed E-state index contributed by atoms with van der Waals surface area (Å²) in [5, 5.41) is 4.63. The van der Waals surface area contributed by atoms with Crippen LogP contribution in [0.15, 0.2) is 54.6 Å². The molecule has 0 saturated carbocycles. The third-order valence-electron chi connectivity index (χ3n) is 4.83. The minimum absolute atomic E-state index is 0.273. The third-order valence-corrected chi connectivity index (χ3v) is 5.42. The van der Waals surface area contributed by atoms with Gasteiger partial charge in [0, 0.05) is 34.3 Å². The number of ether oxygens (including phenoxy) is 4. The molecular formula is C24H23Cl2NO4. The van der Waals surface area contributed by atoms with Crippen LogP contribution >= 0.6 is 23.2 Å². The molecule has 5 nitrogen and oxygen atoms in total. The summed E-state index contributed by atoms with van der Waals surface area (Å²) in [7, 11) is 0. The zero-order valence-electron chi connectivity index (χ0n) is 17.1. The maximum atomic E-state index is 6.30. The lowest BCUT2D eigenvalue weighted by Gasteiger charge is -2.17. The van der Waals surface area contributed by atoms with Crippen molar-refractivity contribution in [3.8, 4) is 23.0 Å². The Kier molecular flexibility index (Phi) is 7.07. The molecule has 0 radical (unpaired) electrons. The first-order valence-electron chi connectivity index (χ1n) is 10.0. The van der Waals surface area contributed by atoms with E-state index in [1.54, 1.807) is 12.1 Å². The number of halogens is 2. The van der Waals surface area contributed by atoms with Crippen LogP contribution < -0.4 is 24.3 Å². The Bertz CT molecular complexity index is 1060. The van der Waals surface area contributed by atoms with Crippen LogP contribution in [0.5, 0.6) is 23.0 Å². The van der Waals surface area contributed by atoms with Crippen LogP contribution in [0, 0.1) is 0 Å². The first kappa shape index (κ1) is 21.6. The Hall–Kier alpha value is -2.60. The van der Waals surface area contributed by atoms with Crippen LogP contribution in [-0.2, 0) is 19.7 Å². The molecule has 3 aromatic carbocycles. The van der Waals surface area contributed by atoms with Gasteiger partial charge < -0.3 is 24.3 Å². The summed E-state index contributed by atoms with van der Waals surface area (Å²) in [4.78, 5) is 0. The molecule has 7 heteroatoms. The summed E-state index contributed by atoms with van der Waals surface area (Å²) in [6, 6.07) is 17.2. The van der Waals surface area contributed by atoms with Gasteiger partial charge in [-0.3, -0.25) is 0 Å². The summed E-state index contributed by atoms with van der Waals surface area (Å²) in [5.41, 5.74) is 2.97. The Morgan fingerprint density at radius 2 is 1.77 bits per heavy atom. The Morgan fingerprint density at radius 3 is 2.61 bits per heavy atom. The van der Waals surface area contributed by atoms with Gasteiger partial charge in [0.2, 0.25) is 6.79 Å². The van der Waals surface area contributed by atoms with Gasteiger partial charge in [-0.2, -0.15) is 0 Å². The molecule has 3 aromatic rings. The number of hydrogen-bond acceptors (Lipinski definition) is 5. The van der Waals surface area contributed by atoms with Gasteiger partial charge in [0.25, 0.3) is 0 Å². The molecule has 1 aliphatic rings. The summed E-state index contributed by atoms with van der Waals surface area (Å²) in [6.45, 7) is 4.37. The second-order valence-electron chi connectivity index (χ2n) is 6.99. The van der Waals surface area contributed by atoms with Crippen LogP contribution in [0.4, 0.5) is 0 Å². The first-order valence-corrected chi connectivity index (χ1v) is 10.8. The number of nitrogens with one attached hydrogen (secondary N) is 1. The molecule has 162 valence electrons. The van der Waals surface area contributed by atoms with Gasteiger partial charge in [0.1, 0.15) is 6.61 Å². The molecule has 0 spiro atoms. The average Bonchev–Trinajstić information content (AvgIpc) is 3.22. The first-order chi connectivity index (χ1) is 15.1. The molecule has 0 amide bonds. The molecule has 4 rings (SSSR count). The SMILES string of the molecule is CCOc1cccc(CNCc2ccc3c(c2)OCO3)c1OCc1ccc(Cl)cc1Cl. The van der Waals surface area contributed by atoms with E-state index in [1.807, 2.05) is 49.4 Å². The van der Waals surface area contributed by atoms with Crippen molar-refractivity contribution in [3.63, 3.8) is 0 Å². The van der Waals surface area contributed by atoms with Crippen molar-refractivity contribution in [2.45, 2.75) is 26.6 Å². The zero-order chi connectivity index (χ0) is 21.6. The fourth-order valence-electron chi connectivity index (χ4n) is 3.31. The lowest BCUT2D eigenvalue weighted by atomic mass is 10.1. The van der Waals surface area contributed by atoms with Gasteiger partial charge in [0.15, 0.2) is 23.0 Å². The smallest absolute Gasteiger partial charge is 0.231 e. The fourth-order valence-corrected chi connectivity index (χ4v) is 3.78. The molecule has 31 heavy (non-hydrogen) atoms. The van der Waals surface area contributed by atoms with Crippen molar-refractivity contribution in [1.82, 2.24) is 5.32 Å². The predicted molar refractivity (Wildman–Crippen MR) is 122 cm³/mol. The van der Waals surface area contributed by atoms with Crippen LogP contribution in [0.3, 0.4) is 0 Å². The highest BCUT2D eigenvalue weighted by Crippen LogP contribution is 2.34. The predicted octanol–water partition coefficient (Wildman–Crippen LogP) is 5.99. The van der Waals surface area contributed by atoms with Crippen molar-refractivity contribution in [2.24, 2.45) is 0 Å². The summed E-state index contributed by atoms with van der Waals surface area (Å²) >= 11 is 12.3. The van der Waals surface area contributed by atoms with E-state index in [4.69, 9.17) is 42.1 Å². The summed E-state index contributed by atoms with van der Waals surface area (Å²) < 4.78 is 22.8. The molecule has 0 saturated heterocycles. The van der Waals surface area contributed by atoms with E-state index in [0.717, 1.165) is 28.2 Å². The van der Waals surface area contributed by atoms with Crippen LogP contribution in [-0.4, -0.2) is 13.4 Å². The maximum absolute atomic E-state index is 6.30. The fraction of sp³-hybridized carbons (Fsp3) is 0.250. The maximum Gasteiger partial charge on any atom is 0.231 e. The van der Waals surface area contributed by atoms with Gasteiger partial charge in [-0.25, -0.2) is 0 Å². The quantitative estimate of drug-likeness (QED) is 0.425. The van der Waals surface area contributed by atoms with E-state index in [-0.39, 0.29) is 6.79 Å². The van der Waals surface area contributed by atoms with Crippen LogP contribution in [0.2, 0.25) is 10.0 Å². The highest BCUT2D eigenvalue weighted by Gasteiger charge is 2.15. The summed E-state index contributed by atoms with van der Waals surface area (Å²) in [6.07, 6.45) is 0. The monoisotopic (exact) mass is 459 g/mol. The molecule has 0 bridgehead atoms. The van der Waals surface area contributed by atoms with E-state index in [2.05, 4.69) is 5.32 Å². The molecular weight excluding hydrogens is 437 g/mol. The van der Waals surface area contributed by atoms with E-state index in [9.17, 15) is 0 Å². The number of rotatable bonds is 9. The Balaban J connectivity index is 1.45. The van der Waals surface area contributed by atoms with E-state index >= 15 is 0 Å². The molecule has 0 atom stereocenters. The second-order valence-corrected chi connectivity index (χ2v) is 7.84. The van der Waals surface area contributed by atoms with Crippen molar-refractivity contribution in [2.75, 3.05) is 13.4 Å². The van der Waals surface area contributed by atoms with Gasteiger partial charge in [0.05, 0.1) is 6.61 Å². The number of benzene rings is 3. The number of fused-ring (bicyclic) bond motifs is 1. The minimum Gasteiger partial charge on any atom is -0.490 e. The van der Waals surface area contributed by atoms with E-state index in [1.165, 1.54) is 0 Å². The second kappa shape index (κ2) is 10.1. The van der Waals surface area contributed by atoms with E-state index in [0.29, 0.717) is 47.8 Å². The normalized spacial score (nSPS) is 12.1. The standard InChI is InChI=1S/C24H23Cl2NO4/c1-2-28-22-5-3-4-17(24(22)29-14-18-7-8-19(25)11-20(18)26)13-27-12-16-6-9-21-23(10-16)31-15-30-21/h3-11,27H,2,12-15H2,1H3. The number of hydrogen-bond donors (Lipinski definition) is 1. The topological polar surface area (TPSA) is 49.0 Å². The molecule has 1 heterocycles. The van der Waals surface area contributed by atoms with Gasteiger partial charge in [-0.15, -0.1) is 0 Å². The van der Waals surface area contributed by atoms with Crippen LogP contribution in [0.1, 0.15) is 23.6 Å². The Labute approximate surface area is 191 Å². The van der Waals surface area contributed by atoms with Crippen LogP contribution in [0.25, 0.3) is 0 Å². The lowest BCUT2D eigenvalue weighted by molar-refractivity contribution is 0.174. The third kappa shape index (κ3) is 5.37. The molecule has 0 aromatic heterocycles. The molecule has 1 N–H and O–H groups in total. The minimum atomic E-state index is 0.273. The molecule has 0 fully saturated rings. The van der Waals surface area contributed by atoms with Crippen molar-refractivity contribution in [1.29, 1.82) is 0 Å². The van der Waals surface area contributed by atoms with Crippen molar-refractivity contribution < 1.29 is 18.9 Å². The lowest BCUT2D eigenvalue weighted by Crippen LogP contribution is -2.14. The van der Waals surface area contributed by atoms with Gasteiger partial charge >= 0.3 is 0 Å². The highest BCUT2D eigenvalue weighted by molar-refractivity contribution is 6.35. The zero-order valence-corrected chi connectivity index (χ0v) is 18.6. The molecule has 1 aliphatic heterocycles. The largest absolute Gasteiger partial charge is 0.490 e. The van der Waals surface area contributed by atoms with E-state index < -0.39 is 0 Å². The average molecular weight is 460 g/mol. The summed E-state index contributed by atoms with van der Waals surface area (Å²) in [5.74, 6) is 2.97. The van der Waals surface area contributed by atoms with Crippen molar-refractivity contribution >= 4 is 23.2 Å². The molecule has 0 unspecified atom stereocenters. The van der Waals surface area contributed by atoms with Gasteiger partial charge in [-0.05, 0) is 42.8 Å². The molecule has 0 aliphatic carbocycles. The number of para-hydroxylation sites is 1. The van der Waals surface area contributed by atoms with Gasteiger partial charge in [-0.1, -0.05) is 47.5 Å². The Morgan fingerprint density at radius 1 is 0.903 bits per heavy atom. The van der Waals surface area contributed by atoms with Crippen molar-refractivity contribution in [3.05, 3.63) is 81.3 Å².